The van der Waals surface area contributed by atoms with Crippen molar-refractivity contribution in [3.05, 3.63) is 23.9 Å². The third-order valence-corrected chi connectivity index (χ3v) is 2.98. The highest BCUT2D eigenvalue weighted by molar-refractivity contribution is 5.93. The van der Waals surface area contributed by atoms with E-state index < -0.39 is 0 Å². The lowest BCUT2D eigenvalue weighted by molar-refractivity contribution is 0.101. The maximum absolute atomic E-state index is 11.1. The van der Waals surface area contributed by atoms with Gasteiger partial charge in [-0.3, -0.25) is 4.79 Å². The van der Waals surface area contributed by atoms with E-state index in [1.807, 2.05) is 12.1 Å². The second-order valence-electron chi connectivity index (χ2n) is 4.25. The molecule has 4 nitrogen and oxygen atoms in total. The summed E-state index contributed by atoms with van der Waals surface area (Å²) >= 11 is 0. The van der Waals surface area contributed by atoms with Gasteiger partial charge in [0.05, 0.1) is 0 Å². The van der Waals surface area contributed by atoms with E-state index in [0.717, 1.165) is 32.0 Å². The minimum absolute atomic E-state index is 0.0671. The molecule has 0 aromatic carbocycles. The number of nitrogens with zero attached hydrogens (tertiary/aromatic N) is 3. The van der Waals surface area contributed by atoms with E-state index in [1.165, 1.54) is 0 Å². The summed E-state index contributed by atoms with van der Waals surface area (Å²) in [4.78, 5) is 20.0. The third kappa shape index (κ3) is 2.39. The first kappa shape index (κ1) is 11.1. The summed E-state index contributed by atoms with van der Waals surface area (Å²) in [5, 5.41) is 0. The number of likely N-dealkylation sites (N-methyl/N-ethyl adjacent to an activating group) is 1. The molecule has 1 aliphatic rings. The summed E-state index contributed by atoms with van der Waals surface area (Å²) < 4.78 is 0. The maximum atomic E-state index is 11.1. The topological polar surface area (TPSA) is 36.4 Å². The Bertz CT molecular complexity index is 366. The average Bonchev–Trinajstić information content (AvgIpc) is 2.30. The number of carbonyl (C=O) groups is 1. The quantitative estimate of drug-likeness (QED) is 0.696. The van der Waals surface area contributed by atoms with Gasteiger partial charge in [-0.2, -0.15) is 0 Å². The second-order valence-corrected chi connectivity index (χ2v) is 4.25. The van der Waals surface area contributed by atoms with Crippen molar-refractivity contribution in [2.24, 2.45) is 0 Å². The van der Waals surface area contributed by atoms with Crippen LogP contribution in [0.5, 0.6) is 0 Å². The van der Waals surface area contributed by atoms with Gasteiger partial charge < -0.3 is 9.80 Å². The summed E-state index contributed by atoms with van der Waals surface area (Å²) in [6.45, 7) is 5.70. The molecule has 1 aliphatic heterocycles. The fourth-order valence-corrected chi connectivity index (χ4v) is 1.82. The van der Waals surface area contributed by atoms with Gasteiger partial charge in [0.15, 0.2) is 5.78 Å². The van der Waals surface area contributed by atoms with Gasteiger partial charge in [-0.1, -0.05) is 0 Å². The number of hydrogen-bond acceptors (Lipinski definition) is 4. The standard InChI is InChI=1S/C12H17N3O/c1-10(16)11-3-4-12(13-9-11)15-7-5-14(2)6-8-15/h3-4,9H,5-8H2,1-2H3. The molecule has 0 spiro atoms. The number of hydrogen-bond donors (Lipinski definition) is 0. The Kier molecular flexibility index (Phi) is 3.19. The lowest BCUT2D eigenvalue weighted by Crippen LogP contribution is -2.44. The van der Waals surface area contributed by atoms with Gasteiger partial charge in [0.25, 0.3) is 0 Å². The zero-order valence-electron chi connectivity index (χ0n) is 9.81. The largest absolute Gasteiger partial charge is 0.354 e. The van der Waals surface area contributed by atoms with Crippen LogP contribution in [-0.2, 0) is 0 Å². The number of piperazine rings is 1. The van der Waals surface area contributed by atoms with Crippen LogP contribution in [0.15, 0.2) is 18.3 Å². The van der Waals surface area contributed by atoms with Crippen molar-refractivity contribution in [3.8, 4) is 0 Å². The molecule has 1 saturated heterocycles. The molecule has 0 aliphatic carbocycles. The molecule has 0 bridgehead atoms. The summed E-state index contributed by atoms with van der Waals surface area (Å²) in [5.74, 6) is 1.04. The second kappa shape index (κ2) is 4.61. The number of rotatable bonds is 2. The number of Topliss-reactive ketones (excluding diaryl/α,β-unsaturated/α-hetero) is 1. The third-order valence-electron chi connectivity index (χ3n) is 2.98. The Morgan fingerprint density at radius 2 is 1.94 bits per heavy atom. The molecule has 2 rings (SSSR count). The van der Waals surface area contributed by atoms with Gasteiger partial charge in [0.2, 0.25) is 0 Å². The molecular weight excluding hydrogens is 202 g/mol. The van der Waals surface area contributed by atoms with Crippen molar-refractivity contribution in [1.82, 2.24) is 9.88 Å². The van der Waals surface area contributed by atoms with Crippen LogP contribution in [0, 0.1) is 0 Å². The van der Waals surface area contributed by atoms with Gasteiger partial charge in [0, 0.05) is 37.9 Å². The van der Waals surface area contributed by atoms with Crippen LogP contribution in [0.3, 0.4) is 0 Å². The van der Waals surface area contributed by atoms with Gasteiger partial charge >= 0.3 is 0 Å². The van der Waals surface area contributed by atoms with Crippen molar-refractivity contribution in [3.63, 3.8) is 0 Å². The molecule has 1 fully saturated rings. The number of carbonyl (C=O) groups excluding carboxylic acids is 1. The molecule has 2 heterocycles. The van der Waals surface area contributed by atoms with E-state index in [-0.39, 0.29) is 5.78 Å². The molecule has 1 aromatic rings. The summed E-state index contributed by atoms with van der Waals surface area (Å²) in [5.41, 5.74) is 0.679. The summed E-state index contributed by atoms with van der Waals surface area (Å²) in [7, 11) is 2.13. The first-order valence-electron chi connectivity index (χ1n) is 5.57. The van der Waals surface area contributed by atoms with E-state index in [4.69, 9.17) is 0 Å². The van der Waals surface area contributed by atoms with E-state index >= 15 is 0 Å². The van der Waals surface area contributed by atoms with Gasteiger partial charge in [-0.15, -0.1) is 0 Å². The molecule has 0 unspecified atom stereocenters. The van der Waals surface area contributed by atoms with Crippen LogP contribution in [0.25, 0.3) is 0 Å². The maximum Gasteiger partial charge on any atom is 0.161 e. The zero-order chi connectivity index (χ0) is 11.5. The minimum atomic E-state index is 0.0671. The lowest BCUT2D eigenvalue weighted by Gasteiger charge is -2.33. The summed E-state index contributed by atoms with van der Waals surface area (Å²) in [6.07, 6.45) is 1.66. The smallest absolute Gasteiger partial charge is 0.161 e. The minimum Gasteiger partial charge on any atom is -0.354 e. The Labute approximate surface area is 95.9 Å². The monoisotopic (exact) mass is 219 g/mol. The van der Waals surface area contributed by atoms with Gasteiger partial charge in [-0.25, -0.2) is 4.98 Å². The van der Waals surface area contributed by atoms with Gasteiger partial charge in [-0.05, 0) is 26.1 Å². The molecule has 0 radical (unpaired) electrons. The van der Waals surface area contributed by atoms with E-state index in [9.17, 15) is 4.79 Å². The van der Waals surface area contributed by atoms with E-state index in [1.54, 1.807) is 13.1 Å². The van der Waals surface area contributed by atoms with Crippen molar-refractivity contribution in [1.29, 1.82) is 0 Å². The van der Waals surface area contributed by atoms with Gasteiger partial charge in [0.1, 0.15) is 5.82 Å². The van der Waals surface area contributed by atoms with E-state index in [2.05, 4.69) is 21.8 Å². The first-order chi connectivity index (χ1) is 7.66. The average molecular weight is 219 g/mol. The highest BCUT2D eigenvalue weighted by atomic mass is 16.1. The summed E-state index contributed by atoms with van der Waals surface area (Å²) in [6, 6.07) is 3.78. The fourth-order valence-electron chi connectivity index (χ4n) is 1.82. The van der Waals surface area contributed by atoms with Crippen molar-refractivity contribution in [2.45, 2.75) is 6.92 Å². The van der Waals surface area contributed by atoms with Crippen LogP contribution in [0.4, 0.5) is 5.82 Å². The molecule has 0 saturated carbocycles. The van der Waals surface area contributed by atoms with Crippen LogP contribution in [0.2, 0.25) is 0 Å². The Morgan fingerprint density at radius 3 is 2.44 bits per heavy atom. The normalized spacial score (nSPS) is 17.5. The van der Waals surface area contributed by atoms with Crippen LogP contribution in [0.1, 0.15) is 17.3 Å². The number of aromatic nitrogens is 1. The lowest BCUT2D eigenvalue weighted by atomic mass is 10.2. The number of ketones is 1. The Hall–Kier alpha value is -1.42. The SMILES string of the molecule is CC(=O)c1ccc(N2CCN(C)CC2)nc1. The van der Waals surface area contributed by atoms with Crippen LogP contribution in [-0.4, -0.2) is 48.9 Å². The molecular formula is C12H17N3O. The number of pyridine rings is 1. The fraction of sp³-hybridized carbons (Fsp3) is 0.500. The van der Waals surface area contributed by atoms with Crippen molar-refractivity contribution in [2.75, 3.05) is 38.1 Å². The Balaban J connectivity index is 2.07. The van der Waals surface area contributed by atoms with Crippen molar-refractivity contribution >= 4 is 11.6 Å². The predicted molar refractivity (Wildman–Crippen MR) is 64.0 cm³/mol. The van der Waals surface area contributed by atoms with Crippen molar-refractivity contribution < 1.29 is 4.79 Å². The molecule has 0 atom stereocenters. The first-order valence-corrected chi connectivity index (χ1v) is 5.57. The number of anilines is 1. The molecule has 0 amide bonds. The molecule has 1 aromatic heterocycles. The Morgan fingerprint density at radius 1 is 1.25 bits per heavy atom. The van der Waals surface area contributed by atoms with Crippen LogP contribution < -0.4 is 4.90 Å². The molecule has 86 valence electrons. The van der Waals surface area contributed by atoms with Crippen LogP contribution >= 0.6 is 0 Å². The van der Waals surface area contributed by atoms with E-state index in [0.29, 0.717) is 5.56 Å². The molecule has 4 heteroatoms. The zero-order valence-corrected chi connectivity index (χ0v) is 9.81. The molecule has 16 heavy (non-hydrogen) atoms. The molecule has 0 N–H and O–H groups in total. The highest BCUT2D eigenvalue weighted by Crippen LogP contribution is 2.13. The predicted octanol–water partition coefficient (Wildman–Crippen LogP) is 1.04. The highest BCUT2D eigenvalue weighted by Gasteiger charge is 2.15.